The number of fused-ring (bicyclic) bond motifs is 1. The van der Waals surface area contributed by atoms with Gasteiger partial charge in [-0.2, -0.15) is 5.10 Å². The fourth-order valence-corrected chi connectivity index (χ4v) is 2.23. The summed E-state index contributed by atoms with van der Waals surface area (Å²) in [5.41, 5.74) is 5.62. The monoisotopic (exact) mass is 251 g/mol. The maximum absolute atomic E-state index is 11.8. The summed E-state index contributed by atoms with van der Waals surface area (Å²) in [6.45, 7) is 4.76. The minimum absolute atomic E-state index is 0.00972. The summed E-state index contributed by atoms with van der Waals surface area (Å²) in [6.07, 6.45) is 3.11. The van der Waals surface area contributed by atoms with Gasteiger partial charge in [-0.1, -0.05) is 6.92 Å². The first kappa shape index (κ1) is 13.0. The molecular weight excluding hydrogens is 230 g/mol. The van der Waals surface area contributed by atoms with E-state index < -0.39 is 0 Å². The van der Waals surface area contributed by atoms with Crippen LogP contribution in [0.4, 0.5) is 0 Å². The number of nitrogens with one attached hydrogen (secondary N) is 1. The van der Waals surface area contributed by atoms with Crippen molar-refractivity contribution >= 4 is 5.91 Å². The zero-order valence-corrected chi connectivity index (χ0v) is 11.0. The Morgan fingerprint density at radius 3 is 3.11 bits per heavy atom. The van der Waals surface area contributed by atoms with Gasteiger partial charge in [0.1, 0.15) is 5.82 Å². The molecule has 0 aliphatic carbocycles. The van der Waals surface area contributed by atoms with Gasteiger partial charge in [-0.05, 0) is 19.8 Å². The minimum Gasteiger partial charge on any atom is -0.346 e. The molecule has 1 amide bonds. The molecule has 0 bridgehead atoms. The van der Waals surface area contributed by atoms with Crippen molar-refractivity contribution in [3.63, 3.8) is 0 Å². The molecule has 2 unspecified atom stereocenters. The first-order chi connectivity index (χ1) is 8.60. The quantitative estimate of drug-likeness (QED) is 0.817. The summed E-state index contributed by atoms with van der Waals surface area (Å²) < 4.78 is 1.92. The lowest BCUT2D eigenvalue weighted by atomic mass is 10.1. The van der Waals surface area contributed by atoms with E-state index >= 15 is 0 Å². The normalized spacial score (nSPS) is 20.3. The molecule has 2 atom stereocenters. The number of carbonyl (C=O) groups is 1. The van der Waals surface area contributed by atoms with Gasteiger partial charge in [-0.15, -0.1) is 0 Å². The minimum atomic E-state index is -0.113. The van der Waals surface area contributed by atoms with Gasteiger partial charge in [0.15, 0.2) is 5.82 Å². The zero-order valence-electron chi connectivity index (χ0n) is 11.0. The molecule has 3 N–H and O–H groups in total. The summed E-state index contributed by atoms with van der Waals surface area (Å²) in [6, 6.07) is -0.129. The Morgan fingerprint density at radius 2 is 2.44 bits per heavy atom. The summed E-state index contributed by atoms with van der Waals surface area (Å²) in [4.78, 5) is 16.2. The third kappa shape index (κ3) is 2.87. The van der Waals surface area contributed by atoms with E-state index in [9.17, 15) is 4.79 Å². The summed E-state index contributed by atoms with van der Waals surface area (Å²) in [7, 11) is 0. The molecule has 1 aliphatic heterocycles. The molecule has 6 nitrogen and oxygen atoms in total. The van der Waals surface area contributed by atoms with Crippen LogP contribution in [0.25, 0.3) is 0 Å². The molecule has 0 fully saturated rings. The molecule has 0 saturated heterocycles. The third-order valence-corrected chi connectivity index (χ3v) is 3.08. The number of amides is 1. The number of aryl methyl sites for hydroxylation is 2. The second kappa shape index (κ2) is 5.48. The Hall–Kier alpha value is -1.43. The number of nitrogens with zero attached hydrogens (tertiary/aromatic N) is 3. The molecule has 6 heteroatoms. The van der Waals surface area contributed by atoms with Crippen molar-refractivity contribution in [3.8, 4) is 0 Å². The molecule has 2 heterocycles. The zero-order chi connectivity index (χ0) is 13.1. The summed E-state index contributed by atoms with van der Waals surface area (Å²) >= 11 is 0. The Labute approximate surface area is 107 Å². The van der Waals surface area contributed by atoms with Crippen LogP contribution in [0.1, 0.15) is 50.8 Å². The van der Waals surface area contributed by atoms with Gasteiger partial charge in [0.05, 0.1) is 6.04 Å². The van der Waals surface area contributed by atoms with Gasteiger partial charge in [-0.25, -0.2) is 9.67 Å². The van der Waals surface area contributed by atoms with E-state index in [-0.39, 0.29) is 18.0 Å². The van der Waals surface area contributed by atoms with Gasteiger partial charge in [0.2, 0.25) is 5.91 Å². The van der Waals surface area contributed by atoms with Gasteiger partial charge in [0.25, 0.3) is 0 Å². The highest BCUT2D eigenvalue weighted by molar-refractivity contribution is 5.76. The summed E-state index contributed by atoms with van der Waals surface area (Å²) in [5.74, 6) is 1.72. The van der Waals surface area contributed by atoms with E-state index in [0.29, 0.717) is 6.42 Å². The average molecular weight is 251 g/mol. The number of hydrogen-bond donors (Lipinski definition) is 2. The number of aromatic nitrogens is 3. The van der Waals surface area contributed by atoms with E-state index in [2.05, 4.69) is 15.4 Å². The molecular formula is C12H21N5O. The first-order valence-corrected chi connectivity index (χ1v) is 6.58. The van der Waals surface area contributed by atoms with Gasteiger partial charge >= 0.3 is 0 Å². The maximum Gasteiger partial charge on any atom is 0.222 e. The van der Waals surface area contributed by atoms with Crippen LogP contribution in [0, 0.1) is 0 Å². The molecule has 0 saturated carbocycles. The largest absolute Gasteiger partial charge is 0.346 e. The SMILES string of the molecule is CCc1nc2n(n1)CCCC2NC(=O)CC(C)N. The fraction of sp³-hybridized carbons (Fsp3) is 0.750. The molecule has 1 aromatic rings. The van der Waals surface area contributed by atoms with E-state index in [1.807, 2.05) is 18.5 Å². The van der Waals surface area contributed by atoms with Crippen LogP contribution in [0.15, 0.2) is 0 Å². The second-order valence-corrected chi connectivity index (χ2v) is 4.91. The molecule has 1 aliphatic rings. The Balaban J connectivity index is 2.07. The average Bonchev–Trinajstić information content (AvgIpc) is 2.72. The van der Waals surface area contributed by atoms with Crippen molar-refractivity contribution in [2.24, 2.45) is 5.73 Å². The van der Waals surface area contributed by atoms with Crippen LogP contribution in [0.5, 0.6) is 0 Å². The van der Waals surface area contributed by atoms with Crippen molar-refractivity contribution in [1.29, 1.82) is 0 Å². The van der Waals surface area contributed by atoms with E-state index in [1.54, 1.807) is 0 Å². The van der Waals surface area contributed by atoms with Gasteiger partial charge in [-0.3, -0.25) is 4.79 Å². The van der Waals surface area contributed by atoms with Crippen molar-refractivity contribution in [2.75, 3.05) is 0 Å². The van der Waals surface area contributed by atoms with Crippen LogP contribution >= 0.6 is 0 Å². The molecule has 100 valence electrons. The number of rotatable bonds is 4. The lowest BCUT2D eigenvalue weighted by Crippen LogP contribution is -2.36. The second-order valence-electron chi connectivity index (χ2n) is 4.91. The van der Waals surface area contributed by atoms with Crippen LogP contribution < -0.4 is 11.1 Å². The van der Waals surface area contributed by atoms with Crippen LogP contribution in [0.2, 0.25) is 0 Å². The highest BCUT2D eigenvalue weighted by Crippen LogP contribution is 2.23. The number of hydrogen-bond acceptors (Lipinski definition) is 4. The molecule has 2 rings (SSSR count). The maximum atomic E-state index is 11.8. The van der Waals surface area contributed by atoms with E-state index in [4.69, 9.17) is 5.73 Å². The third-order valence-electron chi connectivity index (χ3n) is 3.08. The fourth-order valence-electron chi connectivity index (χ4n) is 2.23. The lowest BCUT2D eigenvalue weighted by Gasteiger charge is -2.23. The van der Waals surface area contributed by atoms with E-state index in [0.717, 1.165) is 37.5 Å². The first-order valence-electron chi connectivity index (χ1n) is 6.58. The molecule has 18 heavy (non-hydrogen) atoms. The molecule has 1 aromatic heterocycles. The predicted molar refractivity (Wildman–Crippen MR) is 67.8 cm³/mol. The Morgan fingerprint density at radius 1 is 1.67 bits per heavy atom. The van der Waals surface area contributed by atoms with Crippen LogP contribution in [-0.4, -0.2) is 26.7 Å². The van der Waals surface area contributed by atoms with Crippen molar-refractivity contribution in [3.05, 3.63) is 11.6 Å². The van der Waals surface area contributed by atoms with E-state index in [1.165, 1.54) is 0 Å². The summed E-state index contributed by atoms with van der Waals surface area (Å²) in [5, 5.41) is 7.42. The van der Waals surface area contributed by atoms with Crippen LogP contribution in [-0.2, 0) is 17.8 Å². The van der Waals surface area contributed by atoms with Gasteiger partial charge < -0.3 is 11.1 Å². The Bertz CT molecular complexity index is 426. The van der Waals surface area contributed by atoms with Crippen LogP contribution in [0.3, 0.4) is 0 Å². The molecule has 0 radical (unpaired) electrons. The molecule has 0 spiro atoms. The predicted octanol–water partition coefficient (Wildman–Crippen LogP) is 0.529. The standard InChI is InChI=1S/C12H21N5O/c1-3-10-15-12-9(5-4-6-17(12)16-10)14-11(18)7-8(2)13/h8-9H,3-7,13H2,1-2H3,(H,14,18). The lowest BCUT2D eigenvalue weighted by molar-refractivity contribution is -0.122. The smallest absolute Gasteiger partial charge is 0.222 e. The van der Waals surface area contributed by atoms with Gasteiger partial charge in [0, 0.05) is 25.4 Å². The molecule has 0 aromatic carbocycles. The van der Waals surface area contributed by atoms with Crippen molar-refractivity contribution in [2.45, 2.75) is 58.2 Å². The van der Waals surface area contributed by atoms with Crippen molar-refractivity contribution < 1.29 is 4.79 Å². The number of nitrogens with two attached hydrogens (primary N) is 1. The number of carbonyl (C=O) groups excluding carboxylic acids is 1. The highest BCUT2D eigenvalue weighted by atomic mass is 16.1. The Kier molecular flexibility index (Phi) is 3.96. The van der Waals surface area contributed by atoms with Crippen molar-refractivity contribution in [1.82, 2.24) is 20.1 Å². The highest BCUT2D eigenvalue weighted by Gasteiger charge is 2.25. The topological polar surface area (TPSA) is 85.8 Å².